The van der Waals surface area contributed by atoms with Gasteiger partial charge in [0.05, 0.1) is 22.2 Å². The van der Waals surface area contributed by atoms with Gasteiger partial charge in [0.1, 0.15) is 12.4 Å². The van der Waals surface area contributed by atoms with Crippen LogP contribution in [-0.4, -0.2) is 16.8 Å². The van der Waals surface area contributed by atoms with Crippen molar-refractivity contribution in [1.29, 1.82) is 0 Å². The van der Waals surface area contributed by atoms with Crippen LogP contribution in [0.2, 0.25) is 10.0 Å². The summed E-state index contributed by atoms with van der Waals surface area (Å²) in [6.45, 7) is 2.61. The number of halogens is 3. The van der Waals surface area contributed by atoms with Crippen molar-refractivity contribution >= 4 is 69.2 Å². The van der Waals surface area contributed by atoms with E-state index in [2.05, 4.69) is 0 Å². The Morgan fingerprint density at radius 2 is 1.82 bits per heavy atom. The quantitative estimate of drug-likeness (QED) is 0.232. The summed E-state index contributed by atoms with van der Waals surface area (Å²) in [6, 6.07) is 16.9. The van der Waals surface area contributed by atoms with E-state index in [1.54, 1.807) is 18.2 Å². The Morgan fingerprint density at radius 3 is 2.56 bits per heavy atom. The number of ether oxygens (including phenoxy) is 2. The number of anilines is 1. The molecule has 3 aromatic carbocycles. The van der Waals surface area contributed by atoms with Gasteiger partial charge in [-0.2, -0.15) is 0 Å². The molecule has 34 heavy (non-hydrogen) atoms. The van der Waals surface area contributed by atoms with E-state index < -0.39 is 5.82 Å². The maximum Gasteiger partial charge on any atom is 0.270 e. The lowest BCUT2D eigenvalue weighted by Gasteiger charge is -2.15. The maximum atomic E-state index is 13.5. The lowest BCUT2D eigenvalue weighted by Crippen LogP contribution is -2.27. The Hall–Kier alpha value is -2.58. The smallest absolute Gasteiger partial charge is 0.270 e. The van der Waals surface area contributed by atoms with Gasteiger partial charge < -0.3 is 9.47 Å². The minimum atomic E-state index is -0.563. The Kier molecular flexibility index (Phi) is 7.78. The average Bonchev–Trinajstić information content (AvgIpc) is 3.09. The minimum absolute atomic E-state index is 0.0794. The highest BCUT2D eigenvalue weighted by Gasteiger charge is 2.33. The zero-order chi connectivity index (χ0) is 24.2. The summed E-state index contributed by atoms with van der Waals surface area (Å²) in [5.41, 5.74) is 2.02. The highest BCUT2D eigenvalue weighted by Crippen LogP contribution is 2.38. The molecule has 174 valence electrons. The van der Waals surface area contributed by atoms with Crippen molar-refractivity contribution in [2.24, 2.45) is 0 Å². The molecular weight excluding hydrogens is 516 g/mol. The number of benzene rings is 3. The molecule has 1 aliphatic heterocycles. The van der Waals surface area contributed by atoms with Crippen LogP contribution in [0.15, 0.2) is 65.6 Å². The Bertz CT molecular complexity index is 1300. The van der Waals surface area contributed by atoms with E-state index in [9.17, 15) is 9.18 Å². The third kappa shape index (κ3) is 5.39. The van der Waals surface area contributed by atoms with Crippen LogP contribution in [0.25, 0.3) is 6.08 Å². The van der Waals surface area contributed by atoms with Crippen molar-refractivity contribution in [3.8, 4) is 11.5 Å². The second-order valence-corrected chi connectivity index (χ2v) is 9.62. The molecule has 0 spiro atoms. The molecule has 4 nitrogen and oxygen atoms in total. The zero-order valence-corrected chi connectivity index (χ0v) is 21.0. The topological polar surface area (TPSA) is 38.8 Å². The summed E-state index contributed by atoms with van der Waals surface area (Å²) in [5.74, 6) is 0.234. The monoisotopic (exact) mass is 533 g/mol. The van der Waals surface area contributed by atoms with Crippen molar-refractivity contribution in [3.05, 3.63) is 92.6 Å². The van der Waals surface area contributed by atoms with Crippen molar-refractivity contribution in [2.45, 2.75) is 13.5 Å². The lowest BCUT2D eigenvalue weighted by atomic mass is 10.1. The van der Waals surface area contributed by atoms with Crippen LogP contribution in [0.4, 0.5) is 10.1 Å². The normalized spacial score (nSPS) is 14.7. The molecule has 1 heterocycles. The first-order valence-electron chi connectivity index (χ1n) is 10.2. The third-order valence-electron chi connectivity index (χ3n) is 4.86. The zero-order valence-electron chi connectivity index (χ0n) is 17.9. The summed E-state index contributed by atoms with van der Waals surface area (Å²) in [5, 5.41) is 0.547. The summed E-state index contributed by atoms with van der Waals surface area (Å²) >= 11 is 18.6. The standard InChI is InChI=1S/C25H18Cl2FNO3S2/c1-2-31-22-11-15(7-10-21(22)32-14-16-5-3-4-6-18(16)26)12-23-24(30)29(25(33)34-23)17-8-9-20(28)19(27)13-17/h3-13H,2,14H2,1H3/b23-12+. The molecule has 0 aliphatic carbocycles. The Morgan fingerprint density at radius 1 is 1.03 bits per heavy atom. The first-order valence-corrected chi connectivity index (χ1v) is 12.2. The van der Waals surface area contributed by atoms with Crippen molar-refractivity contribution in [3.63, 3.8) is 0 Å². The van der Waals surface area contributed by atoms with Gasteiger partial charge in [-0.1, -0.05) is 71.4 Å². The molecule has 1 amide bonds. The number of thioether (sulfide) groups is 1. The highest BCUT2D eigenvalue weighted by molar-refractivity contribution is 8.27. The summed E-state index contributed by atoms with van der Waals surface area (Å²) in [7, 11) is 0. The van der Waals surface area contributed by atoms with Crippen LogP contribution in [0, 0.1) is 5.82 Å². The van der Waals surface area contributed by atoms with E-state index in [-0.39, 0.29) is 17.5 Å². The fourth-order valence-corrected chi connectivity index (χ4v) is 4.90. The fraction of sp³-hybridized carbons (Fsp3) is 0.120. The highest BCUT2D eigenvalue weighted by atomic mass is 35.5. The number of amides is 1. The molecule has 0 saturated carbocycles. The molecule has 1 aliphatic rings. The SMILES string of the molecule is CCOc1cc(/C=C2/SC(=S)N(c3ccc(F)c(Cl)c3)C2=O)ccc1OCc1ccccc1Cl. The van der Waals surface area contributed by atoms with E-state index in [4.69, 9.17) is 44.9 Å². The third-order valence-corrected chi connectivity index (χ3v) is 6.82. The predicted molar refractivity (Wildman–Crippen MR) is 140 cm³/mol. The molecule has 0 N–H and O–H groups in total. The van der Waals surface area contributed by atoms with Gasteiger partial charge in [-0.3, -0.25) is 9.69 Å². The summed E-state index contributed by atoms with van der Waals surface area (Å²) < 4.78 is 25.6. The van der Waals surface area contributed by atoms with Gasteiger partial charge >= 0.3 is 0 Å². The molecular formula is C25H18Cl2FNO3S2. The fourth-order valence-electron chi connectivity index (χ4n) is 3.24. The molecule has 4 rings (SSSR count). The number of rotatable bonds is 7. The van der Waals surface area contributed by atoms with Crippen molar-refractivity contribution < 1.29 is 18.7 Å². The number of nitrogens with zero attached hydrogens (tertiary/aromatic N) is 1. The van der Waals surface area contributed by atoms with Crippen LogP contribution >= 0.6 is 47.2 Å². The van der Waals surface area contributed by atoms with E-state index >= 15 is 0 Å². The molecule has 0 unspecified atom stereocenters. The van der Waals surface area contributed by atoms with Crippen LogP contribution in [-0.2, 0) is 11.4 Å². The predicted octanol–water partition coefficient (Wildman–Crippen LogP) is 7.52. The first-order chi connectivity index (χ1) is 16.4. The van der Waals surface area contributed by atoms with E-state index in [0.717, 1.165) is 22.9 Å². The van der Waals surface area contributed by atoms with Crippen molar-refractivity contribution in [2.75, 3.05) is 11.5 Å². The molecule has 1 saturated heterocycles. The van der Waals surface area contributed by atoms with E-state index in [1.807, 2.05) is 37.3 Å². The molecule has 0 atom stereocenters. The Labute approximate surface area is 216 Å². The number of hydrogen-bond acceptors (Lipinski definition) is 5. The van der Waals surface area contributed by atoms with Gasteiger partial charge in [0.15, 0.2) is 15.8 Å². The number of carbonyl (C=O) groups excluding carboxylic acids is 1. The molecule has 0 bridgehead atoms. The first kappa shape index (κ1) is 24.5. The van der Waals surface area contributed by atoms with Gasteiger partial charge in [-0.05, 0) is 55.0 Å². The molecule has 1 fully saturated rings. The van der Waals surface area contributed by atoms with Gasteiger partial charge in [-0.15, -0.1) is 0 Å². The largest absolute Gasteiger partial charge is 0.490 e. The van der Waals surface area contributed by atoms with Gasteiger partial charge in [0.25, 0.3) is 5.91 Å². The molecule has 9 heteroatoms. The minimum Gasteiger partial charge on any atom is -0.490 e. The van der Waals surface area contributed by atoms with E-state index in [0.29, 0.717) is 38.0 Å². The number of carbonyl (C=O) groups is 1. The van der Waals surface area contributed by atoms with Crippen LogP contribution < -0.4 is 14.4 Å². The average molecular weight is 534 g/mol. The van der Waals surface area contributed by atoms with Crippen LogP contribution in [0.5, 0.6) is 11.5 Å². The van der Waals surface area contributed by atoms with Crippen LogP contribution in [0.1, 0.15) is 18.1 Å². The second-order valence-electron chi connectivity index (χ2n) is 7.13. The molecule has 3 aromatic rings. The lowest BCUT2D eigenvalue weighted by molar-refractivity contribution is -0.113. The maximum absolute atomic E-state index is 13.5. The summed E-state index contributed by atoms with van der Waals surface area (Å²) in [4.78, 5) is 14.8. The van der Waals surface area contributed by atoms with Gasteiger partial charge in [0, 0.05) is 10.6 Å². The second kappa shape index (κ2) is 10.8. The molecule has 0 aromatic heterocycles. The van der Waals surface area contributed by atoms with E-state index in [1.165, 1.54) is 23.1 Å². The van der Waals surface area contributed by atoms with Crippen molar-refractivity contribution in [1.82, 2.24) is 0 Å². The number of hydrogen-bond donors (Lipinski definition) is 0. The Balaban J connectivity index is 1.56. The summed E-state index contributed by atoms with van der Waals surface area (Å²) in [6.07, 6.45) is 1.73. The van der Waals surface area contributed by atoms with Gasteiger partial charge in [0.2, 0.25) is 0 Å². The van der Waals surface area contributed by atoms with Crippen LogP contribution in [0.3, 0.4) is 0 Å². The van der Waals surface area contributed by atoms with Gasteiger partial charge in [-0.25, -0.2) is 4.39 Å². The molecule has 0 radical (unpaired) electrons. The number of thiocarbonyl (C=S) groups is 1.